The Morgan fingerprint density at radius 2 is 1.70 bits per heavy atom. The van der Waals surface area contributed by atoms with Gasteiger partial charge >= 0.3 is 0 Å². The van der Waals surface area contributed by atoms with E-state index in [-0.39, 0.29) is 0 Å². The molecule has 0 fully saturated rings. The summed E-state index contributed by atoms with van der Waals surface area (Å²) in [7, 11) is 0. The number of rotatable bonds is 13. The van der Waals surface area contributed by atoms with Crippen LogP contribution in [-0.2, 0) is 4.74 Å². The van der Waals surface area contributed by atoms with E-state index in [0.717, 1.165) is 32.2 Å². The fraction of sp³-hybridized carbons (Fsp3) is 1.00. The number of hydrogen-bond acceptors (Lipinski definition) is 2. The molecule has 0 saturated carbocycles. The third kappa shape index (κ3) is 9.77. The van der Waals surface area contributed by atoms with E-state index in [9.17, 15) is 0 Å². The molecule has 1 atom stereocenters. The average molecular weight is 286 g/mol. The summed E-state index contributed by atoms with van der Waals surface area (Å²) >= 11 is 0. The van der Waals surface area contributed by atoms with Crippen molar-refractivity contribution in [1.29, 1.82) is 0 Å². The molecule has 2 nitrogen and oxygen atoms in total. The first-order valence-electron chi connectivity index (χ1n) is 8.74. The standard InChI is InChI=1S/C18H39NO/c1-7-9-10-18(8-2,15-19-13-16(3)4)11-12-20-14-17(5)6/h16-17,19H,7-15H2,1-6H3. The maximum Gasteiger partial charge on any atom is 0.0488 e. The summed E-state index contributed by atoms with van der Waals surface area (Å²) in [6.45, 7) is 17.7. The Morgan fingerprint density at radius 3 is 2.20 bits per heavy atom. The van der Waals surface area contributed by atoms with Crippen LogP contribution in [0.15, 0.2) is 0 Å². The van der Waals surface area contributed by atoms with Crippen molar-refractivity contribution < 1.29 is 4.74 Å². The van der Waals surface area contributed by atoms with Gasteiger partial charge in [-0.2, -0.15) is 0 Å². The first kappa shape index (κ1) is 19.9. The van der Waals surface area contributed by atoms with Crippen LogP contribution in [0.5, 0.6) is 0 Å². The van der Waals surface area contributed by atoms with Gasteiger partial charge in [-0.15, -0.1) is 0 Å². The minimum atomic E-state index is 0.432. The molecule has 0 radical (unpaired) electrons. The van der Waals surface area contributed by atoms with Gasteiger partial charge in [0.15, 0.2) is 0 Å². The minimum Gasteiger partial charge on any atom is -0.381 e. The highest BCUT2D eigenvalue weighted by molar-refractivity contribution is 4.80. The zero-order chi connectivity index (χ0) is 15.4. The summed E-state index contributed by atoms with van der Waals surface area (Å²) in [6.07, 6.45) is 6.40. The average Bonchev–Trinajstić information content (AvgIpc) is 2.39. The van der Waals surface area contributed by atoms with Crippen LogP contribution in [0.3, 0.4) is 0 Å². The lowest BCUT2D eigenvalue weighted by molar-refractivity contribution is 0.0693. The van der Waals surface area contributed by atoms with Crippen LogP contribution in [0.1, 0.15) is 73.6 Å². The van der Waals surface area contributed by atoms with Gasteiger partial charge in [-0.1, -0.05) is 54.4 Å². The SMILES string of the molecule is CCCCC(CC)(CCOCC(C)C)CNCC(C)C. The molecule has 0 bridgehead atoms. The quantitative estimate of drug-likeness (QED) is 0.487. The van der Waals surface area contributed by atoms with Crippen LogP contribution in [0.4, 0.5) is 0 Å². The van der Waals surface area contributed by atoms with Crippen LogP contribution >= 0.6 is 0 Å². The molecule has 2 heteroatoms. The van der Waals surface area contributed by atoms with Gasteiger partial charge in [0.05, 0.1) is 0 Å². The van der Waals surface area contributed by atoms with Gasteiger partial charge in [0, 0.05) is 19.8 Å². The topological polar surface area (TPSA) is 21.3 Å². The van der Waals surface area contributed by atoms with E-state index >= 15 is 0 Å². The van der Waals surface area contributed by atoms with Crippen molar-refractivity contribution in [2.24, 2.45) is 17.3 Å². The molecule has 1 N–H and O–H groups in total. The van der Waals surface area contributed by atoms with Gasteiger partial charge in [-0.3, -0.25) is 0 Å². The van der Waals surface area contributed by atoms with Crippen molar-refractivity contribution in [2.75, 3.05) is 26.3 Å². The molecule has 0 aliphatic rings. The molecule has 1 unspecified atom stereocenters. The van der Waals surface area contributed by atoms with E-state index in [2.05, 4.69) is 46.9 Å². The lowest BCUT2D eigenvalue weighted by Crippen LogP contribution is -2.36. The highest BCUT2D eigenvalue weighted by atomic mass is 16.5. The van der Waals surface area contributed by atoms with Gasteiger partial charge in [0.25, 0.3) is 0 Å². The zero-order valence-electron chi connectivity index (χ0n) is 14.9. The Balaban J connectivity index is 4.26. The maximum atomic E-state index is 5.83. The second-order valence-corrected chi connectivity index (χ2v) is 7.20. The lowest BCUT2D eigenvalue weighted by atomic mass is 9.77. The molecular formula is C18H39NO. The normalized spacial score (nSPS) is 15.0. The van der Waals surface area contributed by atoms with Crippen LogP contribution in [0, 0.1) is 17.3 Å². The minimum absolute atomic E-state index is 0.432. The van der Waals surface area contributed by atoms with Crippen molar-refractivity contribution in [3.63, 3.8) is 0 Å². The Morgan fingerprint density at radius 1 is 1.00 bits per heavy atom. The molecule has 0 aliphatic heterocycles. The van der Waals surface area contributed by atoms with Gasteiger partial charge in [0.2, 0.25) is 0 Å². The molecule has 0 aromatic heterocycles. The molecule has 0 amide bonds. The second kappa shape index (κ2) is 11.6. The summed E-state index contributed by atoms with van der Waals surface area (Å²) in [5.41, 5.74) is 0.432. The van der Waals surface area contributed by atoms with Crippen LogP contribution < -0.4 is 5.32 Å². The van der Waals surface area contributed by atoms with Crippen molar-refractivity contribution in [3.05, 3.63) is 0 Å². The number of nitrogens with one attached hydrogen (secondary N) is 1. The summed E-state index contributed by atoms with van der Waals surface area (Å²) in [5, 5.41) is 3.68. The molecule has 0 saturated heterocycles. The first-order valence-corrected chi connectivity index (χ1v) is 8.74. The largest absolute Gasteiger partial charge is 0.381 e. The number of hydrogen-bond donors (Lipinski definition) is 1. The second-order valence-electron chi connectivity index (χ2n) is 7.20. The van der Waals surface area contributed by atoms with Crippen molar-refractivity contribution in [3.8, 4) is 0 Å². The summed E-state index contributed by atoms with van der Waals surface area (Å²) in [5.74, 6) is 1.37. The van der Waals surface area contributed by atoms with Crippen molar-refractivity contribution in [1.82, 2.24) is 5.32 Å². The van der Waals surface area contributed by atoms with Gasteiger partial charge < -0.3 is 10.1 Å². The van der Waals surface area contributed by atoms with E-state index in [4.69, 9.17) is 4.74 Å². The van der Waals surface area contributed by atoms with E-state index in [1.165, 1.54) is 32.1 Å². The van der Waals surface area contributed by atoms with E-state index in [0.29, 0.717) is 11.3 Å². The number of ether oxygens (including phenoxy) is 1. The number of unbranched alkanes of at least 4 members (excludes halogenated alkanes) is 1. The molecular weight excluding hydrogens is 246 g/mol. The highest BCUT2D eigenvalue weighted by Crippen LogP contribution is 2.32. The van der Waals surface area contributed by atoms with Crippen LogP contribution in [-0.4, -0.2) is 26.3 Å². The highest BCUT2D eigenvalue weighted by Gasteiger charge is 2.27. The Kier molecular flexibility index (Phi) is 11.5. The molecule has 0 aromatic rings. The van der Waals surface area contributed by atoms with Crippen LogP contribution in [0.25, 0.3) is 0 Å². The van der Waals surface area contributed by atoms with Crippen molar-refractivity contribution >= 4 is 0 Å². The molecule has 0 aromatic carbocycles. The molecule has 0 rings (SSSR count). The monoisotopic (exact) mass is 285 g/mol. The fourth-order valence-corrected chi connectivity index (χ4v) is 2.57. The predicted octanol–water partition coefficient (Wildman–Crippen LogP) is 4.88. The van der Waals surface area contributed by atoms with E-state index in [1.54, 1.807) is 0 Å². The molecule has 0 heterocycles. The Bertz CT molecular complexity index is 215. The Hall–Kier alpha value is -0.0800. The molecule has 20 heavy (non-hydrogen) atoms. The van der Waals surface area contributed by atoms with Gasteiger partial charge in [-0.05, 0) is 43.1 Å². The third-order valence-corrected chi connectivity index (χ3v) is 4.09. The maximum absolute atomic E-state index is 5.83. The van der Waals surface area contributed by atoms with Gasteiger partial charge in [0.1, 0.15) is 0 Å². The summed E-state index contributed by atoms with van der Waals surface area (Å²) < 4.78 is 5.83. The summed E-state index contributed by atoms with van der Waals surface area (Å²) in [6, 6.07) is 0. The third-order valence-electron chi connectivity index (χ3n) is 4.09. The van der Waals surface area contributed by atoms with E-state index < -0.39 is 0 Å². The molecule has 0 aliphatic carbocycles. The first-order chi connectivity index (χ1) is 9.45. The molecule has 122 valence electrons. The fourth-order valence-electron chi connectivity index (χ4n) is 2.57. The lowest BCUT2D eigenvalue weighted by Gasteiger charge is -2.34. The van der Waals surface area contributed by atoms with Crippen LogP contribution in [0.2, 0.25) is 0 Å². The smallest absolute Gasteiger partial charge is 0.0488 e. The predicted molar refractivity (Wildman–Crippen MR) is 90.2 cm³/mol. The summed E-state index contributed by atoms with van der Waals surface area (Å²) in [4.78, 5) is 0. The molecule has 0 spiro atoms. The van der Waals surface area contributed by atoms with E-state index in [1.807, 2.05) is 0 Å². The zero-order valence-corrected chi connectivity index (χ0v) is 14.9. The van der Waals surface area contributed by atoms with Crippen molar-refractivity contribution in [2.45, 2.75) is 73.6 Å². The Labute approximate surface area is 128 Å². The van der Waals surface area contributed by atoms with Gasteiger partial charge in [-0.25, -0.2) is 0 Å².